The fourth-order valence-corrected chi connectivity index (χ4v) is 4.13. The summed E-state index contributed by atoms with van der Waals surface area (Å²) in [6.07, 6.45) is 0.929. The van der Waals surface area contributed by atoms with E-state index in [9.17, 15) is 13.2 Å². The van der Waals surface area contributed by atoms with Crippen LogP contribution in [0.15, 0.2) is 47.4 Å². The van der Waals surface area contributed by atoms with Crippen LogP contribution in [0.25, 0.3) is 0 Å². The normalized spacial score (nSPS) is 15.0. The first-order chi connectivity index (χ1) is 14.4. The Hall–Kier alpha value is -2.46. The average molecular weight is 434 g/mol. The minimum atomic E-state index is -3.76. The lowest BCUT2D eigenvalue weighted by Crippen LogP contribution is -2.37. The number of carbonyl (C=O) groups excluding carboxylic acids is 1. The van der Waals surface area contributed by atoms with Gasteiger partial charge in [0.2, 0.25) is 10.0 Å². The molecule has 1 amide bonds. The molecule has 2 aromatic rings. The molecule has 0 atom stereocenters. The summed E-state index contributed by atoms with van der Waals surface area (Å²) in [7, 11) is -1.07. The van der Waals surface area contributed by atoms with Crippen molar-refractivity contribution in [1.82, 2.24) is 9.62 Å². The van der Waals surface area contributed by atoms with E-state index < -0.39 is 15.9 Å². The molecule has 0 radical (unpaired) electrons. The summed E-state index contributed by atoms with van der Waals surface area (Å²) >= 11 is 0. The van der Waals surface area contributed by atoms with Gasteiger partial charge in [-0.05, 0) is 49.4 Å². The molecular formula is C21H27N3O5S. The van der Waals surface area contributed by atoms with E-state index >= 15 is 0 Å². The number of benzene rings is 2. The van der Waals surface area contributed by atoms with Gasteiger partial charge in [0.15, 0.2) is 0 Å². The van der Waals surface area contributed by atoms with Crippen LogP contribution in [0, 0.1) is 0 Å². The van der Waals surface area contributed by atoms with Gasteiger partial charge in [0.1, 0.15) is 10.6 Å². The first kappa shape index (κ1) is 22.2. The third-order valence-corrected chi connectivity index (χ3v) is 6.45. The number of rotatable bonds is 8. The van der Waals surface area contributed by atoms with E-state index in [0.717, 1.165) is 39.3 Å². The monoisotopic (exact) mass is 433 g/mol. The first-order valence-electron chi connectivity index (χ1n) is 9.75. The maximum Gasteiger partial charge on any atom is 0.255 e. The van der Waals surface area contributed by atoms with E-state index in [4.69, 9.17) is 9.47 Å². The van der Waals surface area contributed by atoms with Crippen molar-refractivity contribution < 1.29 is 22.7 Å². The standard InChI is InChI=1S/C21H27N3O5S/c1-22-30(26,27)20-15-17(5-8-19(20)28-2)21(25)23-18-6-3-16(4-7-18)9-10-24-11-13-29-14-12-24/h3-8,15,22H,9-14H2,1-2H3,(H,23,25). The molecule has 2 aromatic carbocycles. The molecule has 162 valence electrons. The lowest BCUT2D eigenvalue weighted by atomic mass is 10.1. The van der Waals surface area contributed by atoms with Gasteiger partial charge in [-0.1, -0.05) is 12.1 Å². The fourth-order valence-electron chi connectivity index (χ4n) is 3.21. The summed E-state index contributed by atoms with van der Waals surface area (Å²) in [5.41, 5.74) is 2.05. The molecule has 1 heterocycles. The van der Waals surface area contributed by atoms with E-state index in [1.807, 2.05) is 24.3 Å². The van der Waals surface area contributed by atoms with Crippen molar-refractivity contribution >= 4 is 21.6 Å². The van der Waals surface area contributed by atoms with Crippen LogP contribution in [-0.4, -0.2) is 66.2 Å². The summed E-state index contributed by atoms with van der Waals surface area (Å²) in [4.78, 5) is 14.9. The Balaban J connectivity index is 1.65. The van der Waals surface area contributed by atoms with Crippen LogP contribution in [-0.2, 0) is 21.2 Å². The molecule has 30 heavy (non-hydrogen) atoms. The van der Waals surface area contributed by atoms with Crippen molar-refractivity contribution in [3.8, 4) is 5.75 Å². The molecule has 0 aliphatic carbocycles. The Morgan fingerprint density at radius 1 is 1.13 bits per heavy atom. The number of hydrogen-bond donors (Lipinski definition) is 2. The zero-order chi connectivity index (χ0) is 21.6. The van der Waals surface area contributed by atoms with Crippen LogP contribution >= 0.6 is 0 Å². The molecule has 0 aromatic heterocycles. The number of sulfonamides is 1. The number of nitrogens with one attached hydrogen (secondary N) is 2. The number of amides is 1. The molecule has 1 aliphatic heterocycles. The van der Waals surface area contributed by atoms with Crippen molar-refractivity contribution in [2.75, 3.05) is 52.3 Å². The first-order valence-corrected chi connectivity index (χ1v) is 11.2. The number of nitrogens with zero attached hydrogens (tertiary/aromatic N) is 1. The lowest BCUT2D eigenvalue weighted by Gasteiger charge is -2.26. The highest BCUT2D eigenvalue weighted by Gasteiger charge is 2.20. The maximum atomic E-state index is 12.6. The molecule has 0 spiro atoms. The molecule has 1 saturated heterocycles. The largest absolute Gasteiger partial charge is 0.495 e. The van der Waals surface area contributed by atoms with Crippen molar-refractivity contribution in [2.24, 2.45) is 0 Å². The van der Waals surface area contributed by atoms with Gasteiger partial charge < -0.3 is 14.8 Å². The zero-order valence-corrected chi connectivity index (χ0v) is 18.0. The van der Waals surface area contributed by atoms with Gasteiger partial charge in [-0.15, -0.1) is 0 Å². The second-order valence-electron chi connectivity index (χ2n) is 6.93. The van der Waals surface area contributed by atoms with Gasteiger partial charge >= 0.3 is 0 Å². The van der Waals surface area contributed by atoms with Gasteiger partial charge in [0.25, 0.3) is 5.91 Å². The summed E-state index contributed by atoms with van der Waals surface area (Å²) < 4.78 is 37.1. The highest BCUT2D eigenvalue weighted by atomic mass is 32.2. The molecular weight excluding hydrogens is 406 g/mol. The van der Waals surface area contributed by atoms with Crippen LogP contribution in [0.4, 0.5) is 5.69 Å². The Bertz CT molecular complexity index is 971. The lowest BCUT2D eigenvalue weighted by molar-refractivity contribution is 0.0384. The molecule has 9 heteroatoms. The Morgan fingerprint density at radius 3 is 2.47 bits per heavy atom. The molecule has 2 N–H and O–H groups in total. The van der Waals surface area contributed by atoms with Gasteiger partial charge in [0, 0.05) is 30.9 Å². The Labute approximate surface area is 177 Å². The highest BCUT2D eigenvalue weighted by molar-refractivity contribution is 7.89. The number of anilines is 1. The van der Waals surface area contributed by atoms with E-state index in [0.29, 0.717) is 5.69 Å². The molecule has 0 saturated carbocycles. The minimum Gasteiger partial charge on any atom is -0.495 e. The van der Waals surface area contributed by atoms with Crippen molar-refractivity contribution in [2.45, 2.75) is 11.3 Å². The van der Waals surface area contributed by atoms with Crippen molar-refractivity contribution in [1.29, 1.82) is 0 Å². The topological polar surface area (TPSA) is 97.0 Å². The van der Waals surface area contributed by atoms with Crippen LogP contribution < -0.4 is 14.8 Å². The third-order valence-electron chi connectivity index (χ3n) is 5.02. The summed E-state index contributed by atoms with van der Waals surface area (Å²) in [6.45, 7) is 4.47. The molecule has 0 bridgehead atoms. The van der Waals surface area contributed by atoms with E-state index in [1.165, 1.54) is 37.9 Å². The Morgan fingerprint density at radius 2 is 1.83 bits per heavy atom. The number of morpholine rings is 1. The molecule has 1 fully saturated rings. The number of hydrogen-bond acceptors (Lipinski definition) is 6. The van der Waals surface area contributed by atoms with Gasteiger partial charge in [-0.2, -0.15) is 0 Å². The predicted octanol–water partition coefficient (Wildman–Crippen LogP) is 1.73. The number of carbonyl (C=O) groups is 1. The van der Waals surface area contributed by atoms with Crippen LogP contribution in [0.2, 0.25) is 0 Å². The summed E-state index contributed by atoms with van der Waals surface area (Å²) in [6, 6.07) is 12.0. The molecule has 8 nitrogen and oxygen atoms in total. The van der Waals surface area contributed by atoms with Gasteiger partial charge in [0.05, 0.1) is 20.3 Å². The Kier molecular flexibility index (Phi) is 7.43. The fraction of sp³-hybridized carbons (Fsp3) is 0.381. The smallest absolute Gasteiger partial charge is 0.255 e. The summed E-state index contributed by atoms with van der Waals surface area (Å²) in [5.74, 6) is -0.225. The van der Waals surface area contributed by atoms with Crippen molar-refractivity contribution in [3.05, 3.63) is 53.6 Å². The average Bonchev–Trinajstić information content (AvgIpc) is 2.78. The van der Waals surface area contributed by atoms with E-state index in [1.54, 1.807) is 0 Å². The quantitative estimate of drug-likeness (QED) is 0.658. The second-order valence-corrected chi connectivity index (χ2v) is 8.78. The SMILES string of the molecule is CNS(=O)(=O)c1cc(C(=O)Nc2ccc(CCN3CCOCC3)cc2)ccc1OC. The maximum absolute atomic E-state index is 12.6. The summed E-state index contributed by atoms with van der Waals surface area (Å²) in [5, 5.41) is 2.80. The molecule has 0 unspecified atom stereocenters. The zero-order valence-electron chi connectivity index (χ0n) is 17.2. The number of ether oxygens (including phenoxy) is 2. The van der Waals surface area contributed by atoms with Crippen LogP contribution in [0.3, 0.4) is 0 Å². The third kappa shape index (κ3) is 5.57. The number of methoxy groups -OCH3 is 1. The van der Waals surface area contributed by atoms with E-state index in [-0.39, 0.29) is 16.2 Å². The van der Waals surface area contributed by atoms with Gasteiger partial charge in [-0.25, -0.2) is 13.1 Å². The van der Waals surface area contributed by atoms with Crippen LogP contribution in [0.1, 0.15) is 15.9 Å². The highest BCUT2D eigenvalue weighted by Crippen LogP contribution is 2.25. The van der Waals surface area contributed by atoms with E-state index in [2.05, 4.69) is 14.9 Å². The second kappa shape index (κ2) is 10.0. The predicted molar refractivity (Wildman–Crippen MR) is 115 cm³/mol. The van der Waals surface area contributed by atoms with Crippen LogP contribution in [0.5, 0.6) is 5.75 Å². The van der Waals surface area contributed by atoms with Gasteiger partial charge in [-0.3, -0.25) is 9.69 Å². The van der Waals surface area contributed by atoms with Crippen molar-refractivity contribution in [3.63, 3.8) is 0 Å². The molecule has 3 rings (SSSR count). The minimum absolute atomic E-state index is 0.0846. The molecule has 1 aliphatic rings.